The van der Waals surface area contributed by atoms with E-state index in [9.17, 15) is 8.42 Å². The molecule has 2 aromatic carbocycles. The van der Waals surface area contributed by atoms with Gasteiger partial charge in [-0.15, -0.1) is 0 Å². The first-order valence-corrected chi connectivity index (χ1v) is 9.75. The van der Waals surface area contributed by atoms with Crippen LogP contribution >= 0.6 is 0 Å². The summed E-state index contributed by atoms with van der Waals surface area (Å²) in [6.45, 7) is 5.59. The highest BCUT2D eigenvalue weighted by Crippen LogP contribution is 2.28. The number of sulfonamides is 1. The Morgan fingerprint density at radius 1 is 1.08 bits per heavy atom. The number of rotatable bonds is 5. The molecule has 0 amide bonds. The summed E-state index contributed by atoms with van der Waals surface area (Å²) in [6.07, 6.45) is 3.09. The molecule has 1 atom stereocenters. The van der Waals surface area contributed by atoms with Crippen molar-refractivity contribution in [2.24, 2.45) is 0 Å². The van der Waals surface area contributed by atoms with Crippen LogP contribution in [0, 0.1) is 13.8 Å². The van der Waals surface area contributed by atoms with E-state index in [2.05, 4.69) is 10.1 Å². The van der Waals surface area contributed by atoms with Crippen molar-refractivity contribution in [3.63, 3.8) is 0 Å². The third-order valence-electron chi connectivity index (χ3n) is 4.60. The summed E-state index contributed by atoms with van der Waals surface area (Å²) in [5.74, 6) is 0. The third kappa shape index (κ3) is 3.40. The first kappa shape index (κ1) is 18.3. The summed E-state index contributed by atoms with van der Waals surface area (Å²) >= 11 is 0. The van der Waals surface area contributed by atoms with E-state index in [4.69, 9.17) is 0 Å². The van der Waals surface area contributed by atoms with Gasteiger partial charge in [-0.05, 0) is 55.7 Å². The lowest BCUT2D eigenvalue weighted by Gasteiger charge is -2.25. The molecule has 26 heavy (non-hydrogen) atoms. The Morgan fingerprint density at radius 3 is 2.38 bits per heavy atom. The van der Waals surface area contributed by atoms with Crippen LogP contribution in [0.2, 0.25) is 0 Å². The van der Waals surface area contributed by atoms with Crippen molar-refractivity contribution >= 4 is 10.0 Å². The van der Waals surface area contributed by atoms with Crippen LogP contribution in [0.1, 0.15) is 29.7 Å². The molecule has 1 aromatic heterocycles. The number of aromatic nitrogens is 3. The molecule has 1 heterocycles. The van der Waals surface area contributed by atoms with Crippen molar-refractivity contribution in [3.8, 4) is 5.69 Å². The van der Waals surface area contributed by atoms with Crippen LogP contribution in [0.5, 0.6) is 0 Å². The maximum absolute atomic E-state index is 13.1. The third-order valence-corrected chi connectivity index (χ3v) is 6.68. The summed E-state index contributed by atoms with van der Waals surface area (Å²) in [5.41, 5.74) is 3.45. The quantitative estimate of drug-likeness (QED) is 0.691. The maximum atomic E-state index is 13.1. The monoisotopic (exact) mass is 370 g/mol. The fourth-order valence-corrected chi connectivity index (χ4v) is 4.46. The van der Waals surface area contributed by atoms with Crippen molar-refractivity contribution < 1.29 is 8.42 Å². The molecule has 0 aliphatic rings. The SMILES string of the molecule is Cc1ccc(C)c(S(=O)(=O)N(C)[C@@H](C)c2ccc(-n3cncn3)cc2)c1. The highest BCUT2D eigenvalue weighted by molar-refractivity contribution is 7.89. The van der Waals surface area contributed by atoms with Crippen molar-refractivity contribution in [3.05, 3.63) is 71.8 Å². The molecule has 0 radical (unpaired) electrons. The van der Waals surface area contributed by atoms with Gasteiger partial charge < -0.3 is 0 Å². The predicted molar refractivity (Wildman–Crippen MR) is 101 cm³/mol. The molecule has 0 bridgehead atoms. The van der Waals surface area contributed by atoms with E-state index in [1.165, 1.54) is 10.6 Å². The fraction of sp³-hybridized carbons (Fsp3) is 0.263. The molecule has 136 valence electrons. The molecular weight excluding hydrogens is 348 g/mol. The number of benzene rings is 2. The summed E-state index contributed by atoms with van der Waals surface area (Å²) in [7, 11) is -1.97. The van der Waals surface area contributed by atoms with Gasteiger partial charge in [-0.2, -0.15) is 9.40 Å². The maximum Gasteiger partial charge on any atom is 0.243 e. The first-order chi connectivity index (χ1) is 12.3. The molecular formula is C19H22N4O2S. The Morgan fingerprint density at radius 2 is 1.77 bits per heavy atom. The minimum absolute atomic E-state index is 0.301. The van der Waals surface area contributed by atoms with E-state index in [1.807, 2.05) is 57.2 Å². The van der Waals surface area contributed by atoms with Crippen LogP contribution in [0.3, 0.4) is 0 Å². The Kier molecular flexibility index (Phi) is 4.93. The Bertz CT molecular complexity index is 997. The average Bonchev–Trinajstić information content (AvgIpc) is 3.17. The summed E-state index contributed by atoms with van der Waals surface area (Å²) in [4.78, 5) is 4.28. The summed E-state index contributed by atoms with van der Waals surface area (Å²) in [6, 6.07) is 12.8. The normalized spacial score (nSPS) is 13.1. The van der Waals surface area contributed by atoms with Crippen LogP contribution < -0.4 is 0 Å². The highest BCUT2D eigenvalue weighted by Gasteiger charge is 2.27. The van der Waals surface area contributed by atoms with Gasteiger partial charge in [0.2, 0.25) is 10.0 Å². The molecule has 0 saturated heterocycles. The van der Waals surface area contributed by atoms with E-state index >= 15 is 0 Å². The molecule has 3 rings (SSSR count). The molecule has 7 heteroatoms. The van der Waals surface area contributed by atoms with Gasteiger partial charge in [-0.1, -0.05) is 24.3 Å². The van der Waals surface area contributed by atoms with Crippen molar-refractivity contribution in [1.29, 1.82) is 0 Å². The molecule has 0 fully saturated rings. The van der Waals surface area contributed by atoms with Gasteiger partial charge in [0.1, 0.15) is 12.7 Å². The number of hydrogen-bond donors (Lipinski definition) is 0. The second-order valence-corrected chi connectivity index (χ2v) is 8.36. The minimum Gasteiger partial charge on any atom is -0.223 e. The second kappa shape index (κ2) is 7.01. The zero-order chi connectivity index (χ0) is 18.9. The van der Waals surface area contributed by atoms with Crippen molar-refractivity contribution in [2.75, 3.05) is 7.05 Å². The lowest BCUT2D eigenvalue weighted by atomic mass is 10.1. The average molecular weight is 370 g/mol. The molecule has 0 saturated carbocycles. The molecule has 0 aliphatic carbocycles. The first-order valence-electron chi connectivity index (χ1n) is 8.31. The lowest BCUT2D eigenvalue weighted by molar-refractivity contribution is 0.398. The van der Waals surface area contributed by atoms with E-state index in [0.717, 1.165) is 22.4 Å². The largest absolute Gasteiger partial charge is 0.243 e. The second-order valence-electron chi connectivity index (χ2n) is 6.40. The molecule has 3 aromatic rings. The van der Waals surface area contributed by atoms with Crippen molar-refractivity contribution in [2.45, 2.75) is 31.7 Å². The molecule has 0 N–H and O–H groups in total. The predicted octanol–water partition coefficient (Wildman–Crippen LogP) is 3.27. The Balaban J connectivity index is 1.89. The van der Waals surface area contributed by atoms with Crippen LogP contribution in [-0.2, 0) is 10.0 Å². The van der Waals surface area contributed by atoms with E-state index in [0.29, 0.717) is 4.90 Å². The van der Waals surface area contributed by atoms with Crippen LogP contribution in [0.25, 0.3) is 5.69 Å². The van der Waals surface area contributed by atoms with Gasteiger partial charge >= 0.3 is 0 Å². The number of aryl methyl sites for hydroxylation is 2. The van der Waals surface area contributed by atoms with Crippen LogP contribution in [0.15, 0.2) is 60.0 Å². The summed E-state index contributed by atoms with van der Waals surface area (Å²) in [5, 5.41) is 4.09. The summed E-state index contributed by atoms with van der Waals surface area (Å²) < 4.78 is 29.2. The number of nitrogens with zero attached hydrogens (tertiary/aromatic N) is 4. The molecule has 0 spiro atoms. The topological polar surface area (TPSA) is 68.1 Å². The Hall–Kier alpha value is -2.51. The smallest absolute Gasteiger partial charge is 0.223 e. The molecule has 0 unspecified atom stereocenters. The van der Waals surface area contributed by atoms with Gasteiger partial charge in [0.25, 0.3) is 0 Å². The molecule has 6 nitrogen and oxygen atoms in total. The number of hydrogen-bond acceptors (Lipinski definition) is 4. The van der Waals surface area contributed by atoms with Gasteiger partial charge in [0, 0.05) is 13.1 Å². The zero-order valence-corrected chi connectivity index (χ0v) is 16.1. The van der Waals surface area contributed by atoms with E-state index in [1.54, 1.807) is 24.1 Å². The Labute approximate surface area is 154 Å². The van der Waals surface area contributed by atoms with Gasteiger partial charge in [-0.25, -0.2) is 18.1 Å². The fourth-order valence-electron chi connectivity index (χ4n) is 2.81. The van der Waals surface area contributed by atoms with E-state index in [-0.39, 0.29) is 6.04 Å². The van der Waals surface area contributed by atoms with E-state index < -0.39 is 10.0 Å². The van der Waals surface area contributed by atoms with Gasteiger partial charge in [0.15, 0.2) is 0 Å². The lowest BCUT2D eigenvalue weighted by Crippen LogP contribution is -2.30. The zero-order valence-electron chi connectivity index (χ0n) is 15.3. The highest BCUT2D eigenvalue weighted by atomic mass is 32.2. The van der Waals surface area contributed by atoms with Gasteiger partial charge in [0.05, 0.1) is 10.6 Å². The molecule has 0 aliphatic heterocycles. The van der Waals surface area contributed by atoms with Crippen LogP contribution in [0.4, 0.5) is 0 Å². The minimum atomic E-state index is -3.59. The van der Waals surface area contributed by atoms with Gasteiger partial charge in [-0.3, -0.25) is 0 Å². The van der Waals surface area contributed by atoms with Crippen LogP contribution in [-0.4, -0.2) is 34.5 Å². The standard InChI is InChI=1S/C19H22N4O2S/c1-14-5-6-15(2)19(11-14)26(24,25)22(4)16(3)17-7-9-18(10-8-17)23-13-20-12-21-23/h5-13,16H,1-4H3/t16-/m0/s1. The van der Waals surface area contributed by atoms with Crippen molar-refractivity contribution in [1.82, 2.24) is 19.1 Å².